The van der Waals surface area contributed by atoms with Gasteiger partial charge in [-0.25, -0.2) is 0 Å². The van der Waals surface area contributed by atoms with E-state index in [-0.39, 0.29) is 11.6 Å². The Morgan fingerprint density at radius 3 is 2.52 bits per heavy atom. The molecule has 0 amide bonds. The van der Waals surface area contributed by atoms with Gasteiger partial charge >= 0.3 is 0 Å². The van der Waals surface area contributed by atoms with E-state index in [4.69, 9.17) is 0 Å². The van der Waals surface area contributed by atoms with Crippen molar-refractivity contribution in [3.63, 3.8) is 0 Å². The highest BCUT2D eigenvalue weighted by molar-refractivity contribution is 5.28. The lowest BCUT2D eigenvalue weighted by Gasteiger charge is -2.23. The molecule has 2 aromatic rings. The molecule has 0 fully saturated rings. The van der Waals surface area contributed by atoms with Crippen molar-refractivity contribution in [3.05, 3.63) is 69.6 Å². The van der Waals surface area contributed by atoms with Crippen LogP contribution >= 0.6 is 0 Å². The van der Waals surface area contributed by atoms with Crippen LogP contribution in [0.1, 0.15) is 36.2 Å². The second-order valence-electron chi connectivity index (χ2n) is 5.48. The van der Waals surface area contributed by atoms with Gasteiger partial charge in [-0.05, 0) is 44.0 Å². The first-order valence-electron chi connectivity index (χ1n) is 7.59. The lowest BCUT2D eigenvalue weighted by Crippen LogP contribution is -2.32. The smallest absolute Gasteiger partial charge is 0.250 e. The Kier molecular flexibility index (Phi) is 5.34. The summed E-state index contributed by atoms with van der Waals surface area (Å²) in [7, 11) is 0. The molecule has 2 rings (SSSR count). The first-order chi connectivity index (χ1) is 10.1. The van der Waals surface area contributed by atoms with Gasteiger partial charge in [-0.3, -0.25) is 4.79 Å². The normalized spacial score (nSPS) is 12.3. The third-order valence-corrected chi connectivity index (χ3v) is 3.84. The van der Waals surface area contributed by atoms with Gasteiger partial charge in [-0.2, -0.15) is 0 Å². The largest absolute Gasteiger partial charge is 0.311 e. The first kappa shape index (κ1) is 15.5. The fraction of sp³-hybridized carbons (Fsp3) is 0.389. The fourth-order valence-corrected chi connectivity index (χ4v) is 2.61. The van der Waals surface area contributed by atoms with Gasteiger partial charge in [-0.1, -0.05) is 37.3 Å². The number of nitrogens with zero attached hydrogens (tertiary/aromatic N) is 1. The van der Waals surface area contributed by atoms with Crippen molar-refractivity contribution in [2.24, 2.45) is 0 Å². The van der Waals surface area contributed by atoms with Crippen LogP contribution in [0, 0.1) is 13.8 Å². The summed E-state index contributed by atoms with van der Waals surface area (Å²) in [5.74, 6) is 0. The second kappa shape index (κ2) is 7.23. The quantitative estimate of drug-likeness (QED) is 0.884. The summed E-state index contributed by atoms with van der Waals surface area (Å²) >= 11 is 0. The lowest BCUT2D eigenvalue weighted by atomic mass is 10.0. The number of nitrogens with one attached hydrogen (secondary N) is 1. The summed E-state index contributed by atoms with van der Waals surface area (Å²) in [5.41, 5.74) is 3.58. The number of benzene rings is 1. The number of aryl methyl sites for hydroxylation is 2. The van der Waals surface area contributed by atoms with Gasteiger partial charge in [0.05, 0.1) is 6.04 Å². The number of rotatable bonds is 6. The Bertz CT molecular complexity index is 646. The average Bonchev–Trinajstić information content (AvgIpc) is 2.47. The highest BCUT2D eigenvalue weighted by atomic mass is 16.1. The highest BCUT2D eigenvalue weighted by Gasteiger charge is 2.14. The molecule has 0 aliphatic heterocycles. The van der Waals surface area contributed by atoms with E-state index in [0.29, 0.717) is 6.54 Å². The van der Waals surface area contributed by atoms with Crippen molar-refractivity contribution in [1.29, 1.82) is 0 Å². The Labute approximate surface area is 126 Å². The van der Waals surface area contributed by atoms with Gasteiger partial charge in [0, 0.05) is 18.3 Å². The molecule has 0 aliphatic carbocycles. The minimum absolute atomic E-state index is 0.0619. The molecular weight excluding hydrogens is 260 g/mol. The topological polar surface area (TPSA) is 34.0 Å². The monoisotopic (exact) mass is 284 g/mol. The van der Waals surface area contributed by atoms with Crippen LogP contribution < -0.4 is 10.9 Å². The van der Waals surface area contributed by atoms with E-state index in [1.165, 1.54) is 11.1 Å². The van der Waals surface area contributed by atoms with Crippen molar-refractivity contribution < 1.29 is 0 Å². The molecule has 3 heteroatoms. The number of aromatic nitrogens is 1. The van der Waals surface area contributed by atoms with E-state index in [9.17, 15) is 4.79 Å². The molecule has 21 heavy (non-hydrogen) atoms. The SMILES string of the molecule is CCCNC(Cn1c(C)cccc1=O)c1ccccc1C. The Morgan fingerprint density at radius 2 is 1.86 bits per heavy atom. The van der Waals surface area contributed by atoms with Crippen molar-refractivity contribution in [2.75, 3.05) is 6.54 Å². The molecule has 1 aromatic carbocycles. The Morgan fingerprint density at radius 1 is 1.10 bits per heavy atom. The summed E-state index contributed by atoms with van der Waals surface area (Å²) in [6.07, 6.45) is 1.07. The van der Waals surface area contributed by atoms with Crippen molar-refractivity contribution >= 4 is 0 Å². The van der Waals surface area contributed by atoms with Crippen molar-refractivity contribution in [1.82, 2.24) is 9.88 Å². The number of pyridine rings is 1. The van der Waals surface area contributed by atoms with Crippen LogP contribution in [0.15, 0.2) is 47.3 Å². The molecule has 1 heterocycles. The predicted molar refractivity (Wildman–Crippen MR) is 87.7 cm³/mol. The van der Waals surface area contributed by atoms with Gasteiger partial charge in [0.1, 0.15) is 0 Å². The second-order valence-corrected chi connectivity index (χ2v) is 5.48. The minimum Gasteiger partial charge on any atom is -0.311 e. The van der Waals surface area contributed by atoms with Crippen LogP contribution in [0.4, 0.5) is 0 Å². The van der Waals surface area contributed by atoms with E-state index in [2.05, 4.69) is 43.4 Å². The summed E-state index contributed by atoms with van der Waals surface area (Å²) in [5, 5.41) is 3.57. The zero-order valence-corrected chi connectivity index (χ0v) is 13.1. The molecule has 0 spiro atoms. The highest BCUT2D eigenvalue weighted by Crippen LogP contribution is 2.19. The number of hydrogen-bond acceptors (Lipinski definition) is 2. The average molecular weight is 284 g/mol. The maximum Gasteiger partial charge on any atom is 0.250 e. The molecule has 0 radical (unpaired) electrons. The molecule has 1 atom stereocenters. The summed E-state index contributed by atoms with van der Waals surface area (Å²) < 4.78 is 1.85. The standard InChI is InChI=1S/C18H24N2O/c1-4-12-19-17(16-10-6-5-8-14(16)2)13-20-15(3)9-7-11-18(20)21/h5-11,17,19H,4,12-13H2,1-3H3. The third kappa shape index (κ3) is 3.82. The zero-order valence-electron chi connectivity index (χ0n) is 13.1. The zero-order chi connectivity index (χ0) is 15.2. The van der Waals surface area contributed by atoms with Crippen LogP contribution in [0.25, 0.3) is 0 Å². The summed E-state index contributed by atoms with van der Waals surface area (Å²) in [6.45, 7) is 7.87. The molecule has 112 valence electrons. The molecular formula is C18H24N2O. The van der Waals surface area contributed by atoms with E-state index in [0.717, 1.165) is 18.7 Å². The first-order valence-corrected chi connectivity index (χ1v) is 7.59. The Hall–Kier alpha value is -1.87. The van der Waals surface area contributed by atoms with E-state index >= 15 is 0 Å². The molecule has 0 aliphatic rings. The van der Waals surface area contributed by atoms with Gasteiger partial charge < -0.3 is 9.88 Å². The van der Waals surface area contributed by atoms with Gasteiger partial charge in [0.25, 0.3) is 5.56 Å². The molecule has 3 nitrogen and oxygen atoms in total. The van der Waals surface area contributed by atoms with Crippen LogP contribution in [0.5, 0.6) is 0 Å². The van der Waals surface area contributed by atoms with E-state index in [1.54, 1.807) is 6.07 Å². The van der Waals surface area contributed by atoms with Crippen LogP contribution in [0.2, 0.25) is 0 Å². The summed E-state index contributed by atoms with van der Waals surface area (Å²) in [6, 6.07) is 14.0. The van der Waals surface area contributed by atoms with E-state index in [1.807, 2.05) is 23.6 Å². The molecule has 0 saturated heterocycles. The van der Waals surface area contributed by atoms with Gasteiger partial charge in [-0.15, -0.1) is 0 Å². The number of hydrogen-bond donors (Lipinski definition) is 1. The summed E-state index contributed by atoms with van der Waals surface area (Å²) in [4.78, 5) is 12.1. The Balaban J connectivity index is 2.33. The lowest BCUT2D eigenvalue weighted by molar-refractivity contribution is 0.449. The van der Waals surface area contributed by atoms with Crippen LogP contribution in [-0.2, 0) is 6.54 Å². The molecule has 1 aromatic heterocycles. The van der Waals surface area contributed by atoms with Gasteiger partial charge in [0.15, 0.2) is 0 Å². The maximum absolute atomic E-state index is 12.1. The fourth-order valence-electron chi connectivity index (χ4n) is 2.61. The molecule has 1 unspecified atom stereocenters. The van der Waals surface area contributed by atoms with Crippen molar-refractivity contribution in [2.45, 2.75) is 39.8 Å². The molecule has 0 saturated carbocycles. The molecule has 1 N–H and O–H groups in total. The van der Waals surface area contributed by atoms with Crippen LogP contribution in [0.3, 0.4) is 0 Å². The van der Waals surface area contributed by atoms with Gasteiger partial charge in [0.2, 0.25) is 0 Å². The predicted octanol–water partition coefficient (Wildman–Crippen LogP) is 3.21. The molecule has 0 bridgehead atoms. The third-order valence-electron chi connectivity index (χ3n) is 3.84. The maximum atomic E-state index is 12.1. The minimum atomic E-state index is 0.0619. The van der Waals surface area contributed by atoms with Crippen molar-refractivity contribution in [3.8, 4) is 0 Å². The van der Waals surface area contributed by atoms with E-state index < -0.39 is 0 Å². The van der Waals surface area contributed by atoms with Crippen LogP contribution in [-0.4, -0.2) is 11.1 Å².